The van der Waals surface area contributed by atoms with Gasteiger partial charge in [0, 0.05) is 0 Å². The molecule has 1 unspecified atom stereocenters. The van der Waals surface area contributed by atoms with Gasteiger partial charge in [-0.25, -0.2) is 9.67 Å². The highest BCUT2D eigenvalue weighted by atomic mass is 35.5. The van der Waals surface area contributed by atoms with Crippen LogP contribution in [-0.4, -0.2) is 25.7 Å². The number of amides is 1. The molecule has 18 heavy (non-hydrogen) atoms. The quantitative estimate of drug-likeness (QED) is 0.919. The summed E-state index contributed by atoms with van der Waals surface area (Å²) in [7, 11) is 0. The van der Waals surface area contributed by atoms with Gasteiger partial charge in [0.1, 0.15) is 18.7 Å². The fourth-order valence-corrected chi connectivity index (χ4v) is 1.53. The van der Waals surface area contributed by atoms with Crippen LogP contribution < -0.4 is 5.32 Å². The number of pyridine rings is 1. The Bertz CT molecular complexity index is 555. The molecule has 0 saturated carbocycles. The lowest BCUT2D eigenvalue weighted by atomic mass is 10.3. The van der Waals surface area contributed by atoms with E-state index in [-0.39, 0.29) is 5.91 Å². The van der Waals surface area contributed by atoms with E-state index in [0.717, 1.165) is 5.69 Å². The number of nitrogens with zero attached hydrogens (tertiary/aromatic N) is 4. The number of anilines is 1. The molecule has 6 nitrogen and oxygen atoms in total. The van der Waals surface area contributed by atoms with Crippen LogP contribution in [0.4, 0.5) is 5.69 Å². The van der Waals surface area contributed by atoms with E-state index in [1.54, 1.807) is 26.1 Å². The Kier molecular flexibility index (Phi) is 3.57. The van der Waals surface area contributed by atoms with Gasteiger partial charge in [0.25, 0.3) is 0 Å². The molecule has 0 fully saturated rings. The third-order valence-electron chi connectivity index (χ3n) is 2.51. The van der Waals surface area contributed by atoms with Gasteiger partial charge < -0.3 is 5.32 Å². The molecule has 2 aromatic rings. The number of hydrogen-bond donors (Lipinski definition) is 1. The van der Waals surface area contributed by atoms with Crippen LogP contribution in [-0.2, 0) is 4.79 Å². The minimum atomic E-state index is -0.451. The van der Waals surface area contributed by atoms with Gasteiger partial charge in [-0.2, -0.15) is 5.10 Å². The van der Waals surface area contributed by atoms with Crippen molar-refractivity contribution < 1.29 is 4.79 Å². The third-order valence-corrected chi connectivity index (χ3v) is 2.89. The molecule has 0 spiro atoms. The van der Waals surface area contributed by atoms with Crippen molar-refractivity contribution in [2.24, 2.45) is 0 Å². The van der Waals surface area contributed by atoms with Crippen molar-refractivity contribution in [3.63, 3.8) is 0 Å². The van der Waals surface area contributed by atoms with Crippen molar-refractivity contribution in [2.75, 3.05) is 5.32 Å². The summed E-state index contributed by atoms with van der Waals surface area (Å²) >= 11 is 5.94. The summed E-state index contributed by atoms with van der Waals surface area (Å²) in [5.41, 5.74) is 1.28. The summed E-state index contributed by atoms with van der Waals surface area (Å²) < 4.78 is 1.47. The molecule has 0 bridgehead atoms. The fraction of sp³-hybridized carbons (Fsp3) is 0.273. The lowest BCUT2D eigenvalue weighted by Gasteiger charge is -2.12. The standard InChI is InChI=1S/C11H12ClN5O/c1-7-10(12)3-9(4-14-7)16-11(18)8(2)17-6-13-5-15-17/h3-6,8H,1-2H3,(H,16,18). The molecule has 94 valence electrons. The molecule has 2 rings (SSSR count). The molecule has 2 aromatic heterocycles. The monoisotopic (exact) mass is 265 g/mol. The van der Waals surface area contributed by atoms with Gasteiger partial charge in [0.15, 0.2) is 0 Å². The molecule has 2 heterocycles. The van der Waals surface area contributed by atoms with Gasteiger partial charge in [0.05, 0.1) is 22.6 Å². The Morgan fingerprint density at radius 3 is 2.94 bits per heavy atom. The smallest absolute Gasteiger partial charge is 0.249 e. The Labute approximate surface area is 109 Å². The van der Waals surface area contributed by atoms with E-state index in [9.17, 15) is 4.79 Å². The number of carbonyl (C=O) groups is 1. The molecule has 0 saturated heterocycles. The van der Waals surface area contributed by atoms with E-state index in [0.29, 0.717) is 10.7 Å². The number of nitrogens with one attached hydrogen (secondary N) is 1. The van der Waals surface area contributed by atoms with Crippen molar-refractivity contribution in [2.45, 2.75) is 19.9 Å². The lowest BCUT2D eigenvalue weighted by Crippen LogP contribution is -2.24. The molecule has 1 atom stereocenters. The molecule has 0 aliphatic rings. The summed E-state index contributed by atoms with van der Waals surface area (Å²) in [6.07, 6.45) is 4.44. The minimum absolute atomic E-state index is 0.206. The summed E-state index contributed by atoms with van der Waals surface area (Å²) in [5.74, 6) is -0.206. The Morgan fingerprint density at radius 2 is 2.33 bits per heavy atom. The second kappa shape index (κ2) is 5.14. The summed E-state index contributed by atoms with van der Waals surface area (Å²) in [6, 6.07) is 1.21. The molecule has 0 radical (unpaired) electrons. The van der Waals surface area contributed by atoms with Crippen LogP contribution in [0.3, 0.4) is 0 Å². The Balaban J connectivity index is 2.09. The van der Waals surface area contributed by atoms with E-state index in [1.165, 1.54) is 17.3 Å². The topological polar surface area (TPSA) is 72.7 Å². The van der Waals surface area contributed by atoms with Crippen LogP contribution in [0.2, 0.25) is 5.02 Å². The second-order valence-electron chi connectivity index (χ2n) is 3.83. The molecule has 7 heteroatoms. The molecular formula is C11H12ClN5O. The summed E-state index contributed by atoms with van der Waals surface area (Å²) in [4.78, 5) is 19.8. The van der Waals surface area contributed by atoms with Gasteiger partial charge >= 0.3 is 0 Å². The number of rotatable bonds is 3. The number of aryl methyl sites for hydroxylation is 1. The number of halogens is 1. The van der Waals surface area contributed by atoms with E-state index in [1.807, 2.05) is 0 Å². The summed E-state index contributed by atoms with van der Waals surface area (Å²) in [6.45, 7) is 3.53. The predicted molar refractivity (Wildman–Crippen MR) is 67.3 cm³/mol. The van der Waals surface area contributed by atoms with E-state index < -0.39 is 6.04 Å². The van der Waals surface area contributed by atoms with Crippen molar-refractivity contribution in [1.82, 2.24) is 19.7 Å². The maximum absolute atomic E-state index is 11.9. The number of carbonyl (C=O) groups excluding carboxylic acids is 1. The average Bonchev–Trinajstić information content (AvgIpc) is 2.86. The van der Waals surface area contributed by atoms with Crippen molar-refractivity contribution >= 4 is 23.2 Å². The Hall–Kier alpha value is -1.95. The molecule has 1 N–H and O–H groups in total. The van der Waals surface area contributed by atoms with Gasteiger partial charge in [-0.3, -0.25) is 9.78 Å². The van der Waals surface area contributed by atoms with Crippen LogP contribution in [0.25, 0.3) is 0 Å². The van der Waals surface area contributed by atoms with Crippen molar-refractivity contribution in [1.29, 1.82) is 0 Å². The Morgan fingerprint density at radius 1 is 1.56 bits per heavy atom. The van der Waals surface area contributed by atoms with Crippen molar-refractivity contribution in [3.05, 3.63) is 35.6 Å². The van der Waals surface area contributed by atoms with Gasteiger partial charge in [-0.05, 0) is 19.9 Å². The van der Waals surface area contributed by atoms with Crippen molar-refractivity contribution in [3.8, 4) is 0 Å². The van der Waals surface area contributed by atoms with Crippen LogP contribution in [0.1, 0.15) is 18.7 Å². The van der Waals surface area contributed by atoms with Crippen LogP contribution in [0.5, 0.6) is 0 Å². The lowest BCUT2D eigenvalue weighted by molar-refractivity contribution is -0.119. The molecule has 0 aliphatic heterocycles. The highest BCUT2D eigenvalue weighted by Gasteiger charge is 2.15. The second-order valence-corrected chi connectivity index (χ2v) is 4.24. The van der Waals surface area contributed by atoms with E-state index >= 15 is 0 Å². The highest BCUT2D eigenvalue weighted by molar-refractivity contribution is 6.31. The maximum Gasteiger partial charge on any atom is 0.249 e. The first kappa shape index (κ1) is 12.5. The predicted octanol–water partition coefficient (Wildman–Crippen LogP) is 1.83. The van der Waals surface area contributed by atoms with Crippen LogP contribution in [0.15, 0.2) is 24.9 Å². The first-order chi connectivity index (χ1) is 8.58. The molecule has 1 amide bonds. The zero-order valence-electron chi connectivity index (χ0n) is 9.96. The van der Waals surface area contributed by atoms with E-state index in [4.69, 9.17) is 11.6 Å². The number of hydrogen-bond acceptors (Lipinski definition) is 4. The SMILES string of the molecule is Cc1ncc(NC(=O)C(C)n2cncn2)cc1Cl. The molecular weight excluding hydrogens is 254 g/mol. The zero-order valence-corrected chi connectivity index (χ0v) is 10.7. The van der Waals surface area contributed by atoms with Gasteiger partial charge in [0.2, 0.25) is 5.91 Å². The third kappa shape index (κ3) is 2.65. The first-order valence-corrected chi connectivity index (χ1v) is 5.73. The maximum atomic E-state index is 11.9. The summed E-state index contributed by atoms with van der Waals surface area (Å²) in [5, 5.41) is 7.15. The normalized spacial score (nSPS) is 12.2. The first-order valence-electron chi connectivity index (χ1n) is 5.35. The van der Waals surface area contributed by atoms with E-state index in [2.05, 4.69) is 20.4 Å². The van der Waals surface area contributed by atoms with Crippen LogP contribution in [0, 0.1) is 6.92 Å². The van der Waals surface area contributed by atoms with Crippen LogP contribution >= 0.6 is 11.6 Å². The minimum Gasteiger partial charge on any atom is -0.323 e. The molecule has 0 aromatic carbocycles. The largest absolute Gasteiger partial charge is 0.323 e. The molecule has 0 aliphatic carbocycles. The van der Waals surface area contributed by atoms with Gasteiger partial charge in [-0.1, -0.05) is 11.6 Å². The average molecular weight is 266 g/mol. The highest BCUT2D eigenvalue weighted by Crippen LogP contribution is 2.18. The zero-order chi connectivity index (χ0) is 13.1. The fourth-order valence-electron chi connectivity index (χ4n) is 1.36. The number of aromatic nitrogens is 4. The van der Waals surface area contributed by atoms with Gasteiger partial charge in [-0.15, -0.1) is 0 Å².